The van der Waals surface area contributed by atoms with Crippen LogP contribution in [0.15, 0.2) is 34.4 Å². The van der Waals surface area contributed by atoms with E-state index in [1.807, 2.05) is 35.7 Å². The topological polar surface area (TPSA) is 91.5 Å². The van der Waals surface area contributed by atoms with Crippen molar-refractivity contribution >= 4 is 60.8 Å². The number of hydrogen-bond acceptors (Lipinski definition) is 6. The quantitative estimate of drug-likeness (QED) is 0.595. The lowest BCUT2D eigenvalue weighted by Gasteiger charge is -2.38. The van der Waals surface area contributed by atoms with Gasteiger partial charge in [-0.25, -0.2) is 13.1 Å². The molecule has 1 fully saturated rings. The van der Waals surface area contributed by atoms with Gasteiger partial charge in [0.1, 0.15) is 10.4 Å². The van der Waals surface area contributed by atoms with Crippen LogP contribution in [0.4, 0.5) is 0 Å². The van der Waals surface area contributed by atoms with Gasteiger partial charge in [-0.05, 0) is 23.6 Å². The standard InChI is InChI=1S/C19H21N3O4S2.ClH/c1-26-16-6-5-15-17(14-7-9-27-18(14)19(23)20-15)13(16)4-3-8-22-10-12(11-22)21-28(2,24)25;/h3-7,9,12,21H,8,10-11H2,1-2H3,(H,20,23);1H/b4-3+;. The van der Waals surface area contributed by atoms with Crippen molar-refractivity contribution in [3.05, 3.63) is 45.6 Å². The minimum atomic E-state index is -3.16. The number of nitrogens with one attached hydrogen (secondary N) is 2. The number of halogens is 1. The van der Waals surface area contributed by atoms with Crippen LogP contribution in [0, 0.1) is 0 Å². The van der Waals surface area contributed by atoms with E-state index in [9.17, 15) is 13.2 Å². The van der Waals surface area contributed by atoms with Gasteiger partial charge in [-0.15, -0.1) is 23.7 Å². The maximum absolute atomic E-state index is 12.2. The molecule has 0 bridgehead atoms. The van der Waals surface area contributed by atoms with E-state index in [0.29, 0.717) is 24.3 Å². The normalized spacial score (nSPS) is 15.7. The van der Waals surface area contributed by atoms with Gasteiger partial charge in [-0.1, -0.05) is 12.2 Å². The summed E-state index contributed by atoms with van der Waals surface area (Å²) in [6, 6.07) is 5.66. The van der Waals surface area contributed by atoms with E-state index in [1.54, 1.807) is 7.11 Å². The molecule has 0 radical (unpaired) electrons. The molecule has 156 valence electrons. The lowest BCUT2D eigenvalue weighted by Crippen LogP contribution is -2.58. The molecule has 1 saturated heterocycles. The van der Waals surface area contributed by atoms with Crippen LogP contribution in [0.25, 0.3) is 27.1 Å². The molecular weight excluding hydrogens is 434 g/mol. The Kier molecular flexibility index (Phi) is 6.35. The number of benzene rings is 1. The molecule has 0 aliphatic carbocycles. The number of aromatic amines is 1. The monoisotopic (exact) mass is 455 g/mol. The Morgan fingerprint density at radius 3 is 2.79 bits per heavy atom. The molecule has 0 saturated carbocycles. The minimum Gasteiger partial charge on any atom is -0.496 e. The Balaban J connectivity index is 0.00000240. The Morgan fingerprint density at radius 2 is 2.10 bits per heavy atom. The number of hydrogen-bond donors (Lipinski definition) is 2. The van der Waals surface area contributed by atoms with Crippen LogP contribution in [-0.4, -0.2) is 57.3 Å². The number of H-pyrrole nitrogens is 1. The van der Waals surface area contributed by atoms with Gasteiger partial charge >= 0.3 is 0 Å². The molecule has 0 atom stereocenters. The van der Waals surface area contributed by atoms with E-state index in [1.165, 1.54) is 17.6 Å². The molecule has 4 rings (SSSR count). The van der Waals surface area contributed by atoms with E-state index in [2.05, 4.69) is 14.6 Å². The number of aromatic nitrogens is 1. The molecule has 1 aliphatic rings. The lowest BCUT2D eigenvalue weighted by atomic mass is 10.0. The smallest absolute Gasteiger partial charge is 0.266 e. The van der Waals surface area contributed by atoms with Crippen molar-refractivity contribution in [2.45, 2.75) is 6.04 Å². The van der Waals surface area contributed by atoms with Crippen molar-refractivity contribution in [2.24, 2.45) is 0 Å². The highest BCUT2D eigenvalue weighted by Crippen LogP contribution is 2.34. The Labute approximate surface area is 178 Å². The molecule has 3 aromatic rings. The first-order valence-corrected chi connectivity index (χ1v) is 11.6. The average Bonchev–Trinajstić information content (AvgIpc) is 3.08. The van der Waals surface area contributed by atoms with Gasteiger partial charge in [0.2, 0.25) is 10.0 Å². The van der Waals surface area contributed by atoms with E-state index >= 15 is 0 Å². The number of nitrogens with zero attached hydrogens (tertiary/aromatic N) is 1. The van der Waals surface area contributed by atoms with Crippen LogP contribution in [0.2, 0.25) is 0 Å². The van der Waals surface area contributed by atoms with Crippen LogP contribution in [0.1, 0.15) is 5.56 Å². The van der Waals surface area contributed by atoms with Crippen LogP contribution >= 0.6 is 23.7 Å². The van der Waals surface area contributed by atoms with Crippen molar-refractivity contribution < 1.29 is 13.2 Å². The molecule has 10 heteroatoms. The minimum absolute atomic E-state index is 0. The Morgan fingerprint density at radius 1 is 1.34 bits per heavy atom. The van der Waals surface area contributed by atoms with Gasteiger partial charge in [-0.2, -0.15) is 0 Å². The van der Waals surface area contributed by atoms with Crippen molar-refractivity contribution in [1.82, 2.24) is 14.6 Å². The molecule has 3 heterocycles. The maximum atomic E-state index is 12.2. The zero-order valence-corrected chi connectivity index (χ0v) is 18.4. The van der Waals surface area contributed by atoms with E-state index in [-0.39, 0.29) is 24.0 Å². The summed E-state index contributed by atoms with van der Waals surface area (Å²) in [4.78, 5) is 17.4. The summed E-state index contributed by atoms with van der Waals surface area (Å²) in [6.45, 7) is 2.08. The van der Waals surface area contributed by atoms with E-state index < -0.39 is 10.0 Å². The van der Waals surface area contributed by atoms with Crippen molar-refractivity contribution in [3.63, 3.8) is 0 Å². The maximum Gasteiger partial charge on any atom is 0.266 e. The summed E-state index contributed by atoms with van der Waals surface area (Å²) >= 11 is 1.42. The van der Waals surface area contributed by atoms with Crippen molar-refractivity contribution in [1.29, 1.82) is 0 Å². The Hall–Kier alpha value is -1.91. The average molecular weight is 456 g/mol. The van der Waals surface area contributed by atoms with Crippen LogP contribution in [-0.2, 0) is 10.0 Å². The summed E-state index contributed by atoms with van der Waals surface area (Å²) in [5, 5.41) is 3.80. The molecule has 0 spiro atoms. The molecular formula is C19H22ClN3O4S2. The fourth-order valence-corrected chi connectivity index (χ4v) is 5.17. The first kappa shape index (κ1) is 21.8. The molecule has 1 aromatic carbocycles. The SMILES string of the molecule is COc1ccc2[nH]c(=O)c3sccc3c2c1/C=C/CN1CC(NS(C)(=O)=O)C1.Cl. The van der Waals surface area contributed by atoms with Gasteiger partial charge in [-0.3, -0.25) is 9.69 Å². The van der Waals surface area contributed by atoms with Gasteiger partial charge in [0.15, 0.2) is 0 Å². The summed E-state index contributed by atoms with van der Waals surface area (Å²) in [7, 11) is -1.53. The number of sulfonamides is 1. The van der Waals surface area contributed by atoms with E-state index in [0.717, 1.165) is 27.6 Å². The third-order valence-corrected chi connectivity index (χ3v) is 6.48. The van der Waals surface area contributed by atoms with Crippen LogP contribution in [0.3, 0.4) is 0 Å². The first-order valence-electron chi connectivity index (χ1n) is 8.82. The van der Waals surface area contributed by atoms with Crippen LogP contribution in [0.5, 0.6) is 5.75 Å². The molecule has 29 heavy (non-hydrogen) atoms. The molecule has 1 aliphatic heterocycles. The highest BCUT2D eigenvalue weighted by Gasteiger charge is 2.27. The zero-order valence-electron chi connectivity index (χ0n) is 16.0. The predicted molar refractivity (Wildman–Crippen MR) is 121 cm³/mol. The van der Waals surface area contributed by atoms with Crippen LogP contribution < -0.4 is 15.0 Å². The van der Waals surface area contributed by atoms with Crippen molar-refractivity contribution in [3.8, 4) is 5.75 Å². The molecule has 7 nitrogen and oxygen atoms in total. The third-order valence-electron chi connectivity index (χ3n) is 4.80. The number of pyridine rings is 1. The van der Waals surface area contributed by atoms with Gasteiger partial charge in [0.05, 0.1) is 13.4 Å². The summed E-state index contributed by atoms with van der Waals surface area (Å²) in [5.74, 6) is 0.739. The molecule has 2 aromatic heterocycles. The highest BCUT2D eigenvalue weighted by molar-refractivity contribution is 7.88. The number of thiophene rings is 1. The second-order valence-corrected chi connectivity index (χ2v) is 9.63. The Bertz CT molecular complexity index is 1230. The fraction of sp³-hybridized carbons (Fsp3) is 0.316. The largest absolute Gasteiger partial charge is 0.496 e. The summed E-state index contributed by atoms with van der Waals surface area (Å²) < 4.78 is 31.4. The number of likely N-dealkylation sites (tertiary alicyclic amines) is 1. The highest BCUT2D eigenvalue weighted by atomic mass is 35.5. The lowest BCUT2D eigenvalue weighted by molar-refractivity contribution is 0.159. The third kappa shape index (κ3) is 4.49. The first-order chi connectivity index (χ1) is 13.4. The second kappa shape index (κ2) is 8.45. The van der Waals surface area contributed by atoms with Crippen molar-refractivity contribution in [2.75, 3.05) is 33.0 Å². The number of ether oxygens (including phenoxy) is 1. The van der Waals surface area contributed by atoms with Gasteiger partial charge < -0.3 is 9.72 Å². The van der Waals surface area contributed by atoms with Gasteiger partial charge in [0.25, 0.3) is 5.56 Å². The molecule has 2 N–H and O–H groups in total. The summed E-state index contributed by atoms with van der Waals surface area (Å²) in [6.07, 6.45) is 5.23. The predicted octanol–water partition coefficient (Wildman–Crippen LogP) is 2.42. The van der Waals surface area contributed by atoms with Gasteiger partial charge in [0, 0.05) is 47.5 Å². The fourth-order valence-electron chi connectivity index (χ4n) is 3.62. The molecule has 0 amide bonds. The zero-order chi connectivity index (χ0) is 19.9. The number of fused-ring (bicyclic) bond motifs is 3. The molecule has 0 unspecified atom stereocenters. The number of rotatable bonds is 6. The second-order valence-electron chi connectivity index (χ2n) is 6.93. The van der Waals surface area contributed by atoms with E-state index in [4.69, 9.17) is 4.74 Å². The number of methoxy groups -OCH3 is 1. The summed E-state index contributed by atoms with van der Waals surface area (Å²) in [5.41, 5.74) is 1.62.